The second-order valence-electron chi connectivity index (χ2n) is 4.62. The fraction of sp³-hybridized carbons (Fsp3) is 0.0625. The standard InChI is InChI=1S/C16H12Cl3N3O3/c17-11-8-12(18)16(20-15(11)19)25-9-14(24)22-21-13(23)7-6-10-4-2-1-3-5-10/h1-8H,9H2,(H,21,23)(H,22,24)/b7-6+. The van der Waals surface area contributed by atoms with Crippen molar-refractivity contribution < 1.29 is 14.3 Å². The van der Waals surface area contributed by atoms with E-state index in [4.69, 9.17) is 39.5 Å². The highest BCUT2D eigenvalue weighted by molar-refractivity contribution is 6.42. The van der Waals surface area contributed by atoms with Gasteiger partial charge in [-0.15, -0.1) is 0 Å². The van der Waals surface area contributed by atoms with Crippen LogP contribution in [0.2, 0.25) is 15.2 Å². The van der Waals surface area contributed by atoms with Crippen molar-refractivity contribution in [2.24, 2.45) is 0 Å². The van der Waals surface area contributed by atoms with Crippen LogP contribution in [0.4, 0.5) is 0 Å². The third-order valence-electron chi connectivity index (χ3n) is 2.75. The molecular weight excluding hydrogens is 389 g/mol. The molecule has 9 heteroatoms. The van der Waals surface area contributed by atoms with Gasteiger partial charge >= 0.3 is 0 Å². The molecule has 0 bridgehead atoms. The van der Waals surface area contributed by atoms with Crippen molar-refractivity contribution in [1.82, 2.24) is 15.8 Å². The normalized spacial score (nSPS) is 10.5. The lowest BCUT2D eigenvalue weighted by Gasteiger charge is -2.08. The van der Waals surface area contributed by atoms with Crippen molar-refractivity contribution in [2.75, 3.05) is 6.61 Å². The van der Waals surface area contributed by atoms with E-state index < -0.39 is 18.4 Å². The maximum atomic E-state index is 11.7. The van der Waals surface area contributed by atoms with Crippen LogP contribution in [0.3, 0.4) is 0 Å². The van der Waals surface area contributed by atoms with E-state index in [0.29, 0.717) is 0 Å². The maximum Gasteiger partial charge on any atom is 0.276 e. The molecule has 6 nitrogen and oxygen atoms in total. The summed E-state index contributed by atoms with van der Waals surface area (Å²) in [6.45, 7) is -0.423. The number of hydrogen-bond donors (Lipinski definition) is 2. The minimum absolute atomic E-state index is 0.000766. The number of nitrogens with one attached hydrogen (secondary N) is 2. The number of amides is 2. The van der Waals surface area contributed by atoms with Gasteiger partial charge in [-0.2, -0.15) is 4.98 Å². The van der Waals surface area contributed by atoms with E-state index in [2.05, 4.69) is 15.8 Å². The summed E-state index contributed by atoms with van der Waals surface area (Å²) in [7, 11) is 0. The van der Waals surface area contributed by atoms with Crippen LogP contribution in [0.1, 0.15) is 5.56 Å². The number of aromatic nitrogens is 1. The van der Waals surface area contributed by atoms with E-state index in [1.54, 1.807) is 6.08 Å². The average molecular weight is 401 g/mol. The first-order valence-corrected chi connectivity index (χ1v) is 8.05. The van der Waals surface area contributed by atoms with Gasteiger partial charge in [-0.1, -0.05) is 65.1 Å². The Labute approximate surface area is 158 Å². The number of pyridine rings is 1. The van der Waals surface area contributed by atoms with E-state index in [9.17, 15) is 9.59 Å². The maximum absolute atomic E-state index is 11.7. The molecule has 0 saturated carbocycles. The van der Waals surface area contributed by atoms with Crippen LogP contribution in [0.25, 0.3) is 6.08 Å². The molecule has 0 aliphatic heterocycles. The minimum atomic E-state index is -0.606. The van der Waals surface area contributed by atoms with Gasteiger partial charge in [-0.05, 0) is 17.7 Å². The van der Waals surface area contributed by atoms with E-state index in [1.165, 1.54) is 12.1 Å². The average Bonchev–Trinajstić information content (AvgIpc) is 2.61. The first-order chi connectivity index (χ1) is 12.0. The number of hydrogen-bond acceptors (Lipinski definition) is 4. The molecule has 0 spiro atoms. The van der Waals surface area contributed by atoms with Crippen LogP contribution in [-0.4, -0.2) is 23.4 Å². The topological polar surface area (TPSA) is 80.3 Å². The molecule has 2 amide bonds. The lowest BCUT2D eigenvalue weighted by atomic mass is 10.2. The molecule has 2 aromatic rings. The number of rotatable bonds is 5. The third-order valence-corrected chi connectivity index (χ3v) is 3.69. The van der Waals surface area contributed by atoms with Gasteiger partial charge in [-0.3, -0.25) is 20.4 Å². The van der Waals surface area contributed by atoms with E-state index in [-0.39, 0.29) is 21.1 Å². The molecule has 130 valence electrons. The summed E-state index contributed by atoms with van der Waals surface area (Å²) in [6.07, 6.45) is 2.89. The van der Waals surface area contributed by atoms with Gasteiger partial charge in [0.2, 0.25) is 5.88 Å². The summed E-state index contributed by atoms with van der Waals surface area (Å²) in [6, 6.07) is 10.6. The van der Waals surface area contributed by atoms with E-state index in [1.807, 2.05) is 30.3 Å². The number of carbonyl (C=O) groups is 2. The molecule has 0 fully saturated rings. The number of carbonyl (C=O) groups excluding carboxylic acids is 2. The summed E-state index contributed by atoms with van der Waals surface area (Å²) in [5.41, 5.74) is 5.26. The molecule has 0 unspecified atom stereocenters. The summed E-state index contributed by atoms with van der Waals surface area (Å²) >= 11 is 17.4. The molecular formula is C16H12Cl3N3O3. The fourth-order valence-electron chi connectivity index (χ4n) is 1.61. The molecule has 1 heterocycles. The Hall–Kier alpha value is -2.28. The summed E-state index contributed by atoms with van der Waals surface area (Å²) in [5.74, 6) is -1.14. The molecule has 0 radical (unpaired) electrons. The highest BCUT2D eigenvalue weighted by Crippen LogP contribution is 2.30. The largest absolute Gasteiger partial charge is 0.466 e. The predicted octanol–water partition coefficient (Wildman–Crippen LogP) is 3.28. The van der Waals surface area contributed by atoms with Crippen LogP contribution in [0.15, 0.2) is 42.5 Å². The van der Waals surface area contributed by atoms with E-state index >= 15 is 0 Å². The third kappa shape index (κ3) is 6.26. The lowest BCUT2D eigenvalue weighted by molar-refractivity contribution is -0.128. The molecule has 0 saturated heterocycles. The molecule has 2 rings (SSSR count). The van der Waals surface area contributed by atoms with Crippen LogP contribution >= 0.6 is 34.8 Å². The number of benzene rings is 1. The van der Waals surface area contributed by atoms with Gasteiger partial charge in [0.1, 0.15) is 5.02 Å². The first kappa shape index (κ1) is 19.1. The van der Waals surface area contributed by atoms with E-state index in [0.717, 1.165) is 5.56 Å². The van der Waals surface area contributed by atoms with Crippen LogP contribution in [0, 0.1) is 0 Å². The zero-order valence-corrected chi connectivity index (χ0v) is 14.9. The zero-order valence-electron chi connectivity index (χ0n) is 12.6. The highest BCUT2D eigenvalue weighted by atomic mass is 35.5. The predicted molar refractivity (Wildman–Crippen MR) is 96.5 cm³/mol. The van der Waals surface area contributed by atoms with Gasteiger partial charge in [0.25, 0.3) is 11.8 Å². The highest BCUT2D eigenvalue weighted by Gasteiger charge is 2.11. The Bertz CT molecular complexity index is 798. The smallest absolute Gasteiger partial charge is 0.276 e. The van der Waals surface area contributed by atoms with Gasteiger partial charge in [0.05, 0.1) is 5.02 Å². The van der Waals surface area contributed by atoms with Crippen molar-refractivity contribution in [1.29, 1.82) is 0 Å². The number of ether oxygens (including phenoxy) is 1. The van der Waals surface area contributed by atoms with Crippen molar-refractivity contribution in [3.05, 3.63) is 63.2 Å². The monoisotopic (exact) mass is 399 g/mol. The van der Waals surface area contributed by atoms with Gasteiger partial charge in [0.15, 0.2) is 11.8 Å². The quantitative estimate of drug-likeness (QED) is 0.458. The van der Waals surface area contributed by atoms with Crippen LogP contribution in [0.5, 0.6) is 5.88 Å². The Balaban J connectivity index is 1.78. The molecule has 25 heavy (non-hydrogen) atoms. The molecule has 1 aromatic heterocycles. The second kappa shape index (κ2) is 9.27. The number of hydrazine groups is 1. The van der Waals surface area contributed by atoms with Gasteiger partial charge in [0, 0.05) is 6.08 Å². The van der Waals surface area contributed by atoms with Crippen LogP contribution < -0.4 is 15.6 Å². The molecule has 1 aromatic carbocycles. The zero-order chi connectivity index (χ0) is 18.2. The van der Waals surface area contributed by atoms with Crippen LogP contribution in [-0.2, 0) is 9.59 Å². The number of halogens is 3. The minimum Gasteiger partial charge on any atom is -0.466 e. The molecule has 2 N–H and O–H groups in total. The molecule has 0 aliphatic rings. The molecule has 0 aliphatic carbocycles. The van der Waals surface area contributed by atoms with Gasteiger partial charge in [-0.25, -0.2) is 0 Å². The Morgan fingerprint density at radius 3 is 2.52 bits per heavy atom. The van der Waals surface area contributed by atoms with Crippen molar-refractivity contribution in [3.63, 3.8) is 0 Å². The first-order valence-electron chi connectivity index (χ1n) is 6.92. The lowest BCUT2D eigenvalue weighted by Crippen LogP contribution is -2.43. The second-order valence-corrected chi connectivity index (χ2v) is 5.79. The van der Waals surface area contributed by atoms with Crippen molar-refractivity contribution in [3.8, 4) is 5.88 Å². The van der Waals surface area contributed by atoms with Crippen molar-refractivity contribution in [2.45, 2.75) is 0 Å². The fourth-order valence-corrected chi connectivity index (χ4v) is 2.15. The molecule has 0 atom stereocenters. The van der Waals surface area contributed by atoms with Gasteiger partial charge < -0.3 is 4.74 Å². The number of nitrogens with zero attached hydrogens (tertiary/aromatic N) is 1. The van der Waals surface area contributed by atoms with Crippen molar-refractivity contribution >= 4 is 52.7 Å². The Kier molecular flexibility index (Phi) is 7.06. The SMILES string of the molecule is O=C(/C=C/c1ccccc1)NNC(=O)COc1nc(Cl)c(Cl)cc1Cl. The Morgan fingerprint density at radius 1 is 1.08 bits per heavy atom. The Morgan fingerprint density at radius 2 is 1.80 bits per heavy atom. The summed E-state index contributed by atoms with van der Waals surface area (Å²) in [5, 5.41) is 0.277. The summed E-state index contributed by atoms with van der Waals surface area (Å²) in [4.78, 5) is 27.1. The summed E-state index contributed by atoms with van der Waals surface area (Å²) < 4.78 is 5.13.